The normalized spacial score (nSPS) is 45.5. The molecule has 5 N–H and O–H groups in total. The zero-order chi connectivity index (χ0) is 9.30. The second-order valence-corrected chi connectivity index (χ2v) is 2.72. The molecular weight excluding hydrogens is 204 g/mol. The van der Waals surface area contributed by atoms with Crippen LogP contribution in [0.2, 0.25) is 0 Å². The van der Waals surface area contributed by atoms with Crippen molar-refractivity contribution >= 4 is 12.4 Å². The molecule has 1 aliphatic rings. The summed E-state index contributed by atoms with van der Waals surface area (Å²) in [5, 5.41) is 44.7. The molecule has 0 radical (unpaired) electrons. The summed E-state index contributed by atoms with van der Waals surface area (Å²) in [6, 6.07) is 0. The highest BCUT2D eigenvalue weighted by molar-refractivity contribution is 5.85. The Balaban J connectivity index is 0.00000144. The fourth-order valence-corrected chi connectivity index (χ4v) is 1.08. The van der Waals surface area contributed by atoms with Crippen LogP contribution in [0.1, 0.15) is 0 Å². The van der Waals surface area contributed by atoms with Crippen LogP contribution >= 0.6 is 12.4 Å². The van der Waals surface area contributed by atoms with Crippen LogP contribution in [-0.2, 0) is 4.74 Å². The van der Waals surface area contributed by atoms with Crippen LogP contribution in [0.5, 0.6) is 0 Å². The summed E-state index contributed by atoms with van der Waals surface area (Å²) in [7, 11) is 0. The average molecular weight is 217 g/mol. The summed E-state index contributed by atoms with van der Waals surface area (Å²) in [4.78, 5) is 0. The Morgan fingerprint density at radius 1 is 0.923 bits per heavy atom. The van der Waals surface area contributed by atoms with Crippen molar-refractivity contribution in [3.05, 3.63) is 0 Å². The van der Waals surface area contributed by atoms with Crippen LogP contribution in [0.4, 0.5) is 0 Å². The van der Waals surface area contributed by atoms with Gasteiger partial charge in [-0.15, -0.1) is 12.4 Å². The van der Waals surface area contributed by atoms with Gasteiger partial charge in [0, 0.05) is 0 Å². The molecule has 13 heavy (non-hydrogen) atoms. The minimum absolute atomic E-state index is 0. The average Bonchev–Trinajstić information content (AvgIpc) is 2.08. The van der Waals surface area contributed by atoms with E-state index < -0.39 is 37.3 Å². The summed E-state index contributed by atoms with van der Waals surface area (Å²) in [6.07, 6.45) is -7.04. The second-order valence-electron chi connectivity index (χ2n) is 2.72. The van der Waals surface area contributed by atoms with Crippen molar-refractivity contribution in [3.63, 3.8) is 0 Å². The van der Waals surface area contributed by atoms with E-state index in [1.165, 1.54) is 0 Å². The molecule has 1 saturated heterocycles. The van der Waals surface area contributed by atoms with E-state index in [1.54, 1.807) is 0 Å². The van der Waals surface area contributed by atoms with E-state index >= 15 is 0 Å². The third kappa shape index (κ3) is 2.50. The van der Waals surface area contributed by atoms with Gasteiger partial charge in [-0.2, -0.15) is 0 Å². The van der Waals surface area contributed by atoms with E-state index in [0.717, 1.165) is 0 Å². The molecule has 7 heteroatoms. The second kappa shape index (κ2) is 5.06. The van der Waals surface area contributed by atoms with Gasteiger partial charge in [-0.25, -0.2) is 0 Å². The quantitative estimate of drug-likeness (QED) is 0.324. The van der Waals surface area contributed by atoms with E-state index in [1.807, 2.05) is 0 Å². The van der Waals surface area contributed by atoms with Crippen LogP contribution < -0.4 is 0 Å². The summed E-state index contributed by atoms with van der Waals surface area (Å²) in [5.41, 5.74) is 0. The number of hydrogen-bond acceptors (Lipinski definition) is 6. The van der Waals surface area contributed by atoms with Gasteiger partial charge in [0.05, 0.1) is 6.61 Å². The maximum absolute atomic E-state index is 9.12. The van der Waals surface area contributed by atoms with E-state index in [0.29, 0.717) is 0 Å². The Labute approximate surface area is 80.8 Å². The predicted octanol–water partition coefficient (Wildman–Crippen LogP) is -2.80. The first-order valence-corrected chi connectivity index (χ1v) is 3.56. The standard InChI is InChI=1S/C6H12O6.ClH/c7-1-2-3(8)4(9)5(10)6(11)12-2;/h2-11H,1H2;1H/t2-,3+,4+,5-,6+;/m1./s1. The first-order valence-electron chi connectivity index (χ1n) is 3.56. The number of halogens is 1. The lowest BCUT2D eigenvalue weighted by Gasteiger charge is -2.37. The summed E-state index contributed by atoms with van der Waals surface area (Å²) in [5.74, 6) is 0. The molecule has 0 saturated carbocycles. The molecule has 6 nitrogen and oxygen atoms in total. The molecule has 0 spiro atoms. The molecule has 0 unspecified atom stereocenters. The molecule has 0 amide bonds. The largest absolute Gasteiger partial charge is 0.394 e. The molecule has 1 heterocycles. The molecule has 0 aromatic carbocycles. The molecule has 0 aromatic heterocycles. The molecule has 1 rings (SSSR count). The van der Waals surface area contributed by atoms with E-state index in [2.05, 4.69) is 4.74 Å². The van der Waals surface area contributed by atoms with Gasteiger partial charge in [-0.1, -0.05) is 0 Å². The Bertz CT molecular complexity index is 151. The van der Waals surface area contributed by atoms with Crippen molar-refractivity contribution in [2.45, 2.75) is 30.7 Å². The van der Waals surface area contributed by atoms with Gasteiger partial charge in [0.15, 0.2) is 6.29 Å². The van der Waals surface area contributed by atoms with Crippen LogP contribution in [0.3, 0.4) is 0 Å². The molecular formula is C6H13ClO6. The zero-order valence-electron chi connectivity index (χ0n) is 6.65. The monoisotopic (exact) mass is 216 g/mol. The lowest BCUT2D eigenvalue weighted by molar-refractivity contribution is -0.286. The van der Waals surface area contributed by atoms with Crippen LogP contribution in [0.25, 0.3) is 0 Å². The summed E-state index contributed by atoms with van der Waals surface area (Å²) in [6.45, 7) is -0.526. The third-order valence-electron chi connectivity index (χ3n) is 1.87. The highest BCUT2D eigenvalue weighted by atomic mass is 35.5. The number of aliphatic hydroxyl groups excluding tert-OH is 5. The van der Waals surface area contributed by atoms with Crippen molar-refractivity contribution < 1.29 is 30.3 Å². The summed E-state index contributed by atoms with van der Waals surface area (Å²) >= 11 is 0. The number of aliphatic hydroxyl groups is 5. The molecule has 1 aliphatic heterocycles. The smallest absolute Gasteiger partial charge is 0.184 e. The van der Waals surface area contributed by atoms with Gasteiger partial charge in [0.25, 0.3) is 0 Å². The van der Waals surface area contributed by atoms with Crippen LogP contribution in [-0.4, -0.2) is 62.8 Å². The molecule has 0 bridgehead atoms. The SMILES string of the molecule is Cl.OC[C@H]1O[C@H](O)[C@H](O)[C@@H](O)[C@H]1O. The molecule has 5 atom stereocenters. The highest BCUT2D eigenvalue weighted by Gasteiger charge is 2.42. The number of ether oxygens (including phenoxy) is 1. The Morgan fingerprint density at radius 3 is 1.92 bits per heavy atom. The Kier molecular flexibility index (Phi) is 5.08. The first kappa shape index (κ1) is 13.1. The van der Waals surface area contributed by atoms with Crippen molar-refractivity contribution in [2.75, 3.05) is 6.61 Å². The minimum atomic E-state index is -1.57. The van der Waals surface area contributed by atoms with Crippen molar-refractivity contribution in [1.29, 1.82) is 0 Å². The van der Waals surface area contributed by atoms with Crippen molar-refractivity contribution in [3.8, 4) is 0 Å². The van der Waals surface area contributed by atoms with E-state index in [9.17, 15) is 0 Å². The summed E-state index contributed by atoms with van der Waals surface area (Å²) < 4.78 is 4.58. The third-order valence-corrected chi connectivity index (χ3v) is 1.87. The number of hydrogen-bond donors (Lipinski definition) is 5. The number of rotatable bonds is 1. The lowest BCUT2D eigenvalue weighted by Crippen LogP contribution is -2.58. The minimum Gasteiger partial charge on any atom is -0.394 e. The maximum Gasteiger partial charge on any atom is 0.184 e. The van der Waals surface area contributed by atoms with Crippen molar-refractivity contribution in [1.82, 2.24) is 0 Å². The van der Waals surface area contributed by atoms with Gasteiger partial charge in [0.2, 0.25) is 0 Å². The molecule has 80 valence electrons. The molecule has 0 aliphatic carbocycles. The first-order chi connectivity index (χ1) is 5.57. The van der Waals surface area contributed by atoms with Crippen LogP contribution in [0.15, 0.2) is 0 Å². The predicted molar refractivity (Wildman–Crippen MR) is 43.2 cm³/mol. The van der Waals surface area contributed by atoms with Gasteiger partial charge in [0.1, 0.15) is 24.4 Å². The van der Waals surface area contributed by atoms with Crippen LogP contribution in [0, 0.1) is 0 Å². The Morgan fingerprint density at radius 2 is 1.46 bits per heavy atom. The van der Waals surface area contributed by atoms with Gasteiger partial charge >= 0.3 is 0 Å². The van der Waals surface area contributed by atoms with Gasteiger partial charge in [-0.05, 0) is 0 Å². The maximum atomic E-state index is 9.12. The molecule has 1 fully saturated rings. The van der Waals surface area contributed by atoms with Gasteiger partial charge < -0.3 is 30.3 Å². The van der Waals surface area contributed by atoms with Crippen molar-refractivity contribution in [2.24, 2.45) is 0 Å². The van der Waals surface area contributed by atoms with E-state index in [-0.39, 0.29) is 12.4 Å². The topological polar surface area (TPSA) is 110 Å². The zero-order valence-corrected chi connectivity index (χ0v) is 7.46. The fourth-order valence-electron chi connectivity index (χ4n) is 1.08. The van der Waals surface area contributed by atoms with Gasteiger partial charge in [-0.3, -0.25) is 0 Å². The Hall–Kier alpha value is 0.0500. The molecule has 0 aromatic rings. The fraction of sp³-hybridized carbons (Fsp3) is 1.00. The van der Waals surface area contributed by atoms with E-state index in [4.69, 9.17) is 25.5 Å². The highest BCUT2D eigenvalue weighted by Crippen LogP contribution is 2.18. The lowest BCUT2D eigenvalue weighted by atomic mass is 10.00.